The van der Waals surface area contributed by atoms with E-state index in [1.807, 2.05) is 0 Å². The number of rotatable bonds is 3. The van der Waals surface area contributed by atoms with E-state index >= 15 is 0 Å². The second kappa shape index (κ2) is 5.07. The molecule has 8 heteroatoms. The first-order valence-electron chi connectivity index (χ1n) is 4.60. The van der Waals surface area contributed by atoms with Crippen molar-refractivity contribution in [2.24, 2.45) is 5.10 Å². The molecule has 2 aromatic rings. The van der Waals surface area contributed by atoms with E-state index in [-0.39, 0.29) is 5.49 Å². The third kappa shape index (κ3) is 3.11. The van der Waals surface area contributed by atoms with Crippen LogP contribution in [0.4, 0.5) is 0 Å². The van der Waals surface area contributed by atoms with Gasteiger partial charge in [-0.05, 0) is 12.1 Å². The number of hydrogen-bond donors (Lipinski definition) is 0. The van der Waals surface area contributed by atoms with Crippen molar-refractivity contribution in [2.45, 2.75) is 6.54 Å². The van der Waals surface area contributed by atoms with Crippen molar-refractivity contribution in [3.05, 3.63) is 55.5 Å². The van der Waals surface area contributed by atoms with Crippen LogP contribution in [0.15, 0.2) is 35.7 Å². The van der Waals surface area contributed by atoms with Crippen LogP contribution < -0.4 is 5.49 Å². The number of pyridine rings is 1. The van der Waals surface area contributed by atoms with E-state index in [0.717, 1.165) is 4.88 Å². The molecular weight excluding hydrogens is 264 g/mol. The fourth-order valence-corrected chi connectivity index (χ4v) is 2.28. The monoisotopic (exact) mass is 270 g/mol. The van der Waals surface area contributed by atoms with Crippen molar-refractivity contribution in [1.29, 1.82) is 0 Å². The van der Waals surface area contributed by atoms with E-state index in [0.29, 0.717) is 11.0 Å². The molecule has 17 heavy (non-hydrogen) atoms. The lowest BCUT2D eigenvalue weighted by molar-refractivity contribution is -0.490. The van der Waals surface area contributed by atoms with Gasteiger partial charge in [0.25, 0.3) is 0 Å². The highest BCUT2D eigenvalue weighted by molar-refractivity contribution is 7.15. The lowest BCUT2D eigenvalue weighted by atomic mass is 10.4. The Hall–Kier alpha value is -1.73. The number of nitro groups is 1. The maximum atomic E-state index is 10.4. The molecule has 0 saturated carbocycles. The van der Waals surface area contributed by atoms with Gasteiger partial charge in [0.1, 0.15) is 0 Å². The summed E-state index contributed by atoms with van der Waals surface area (Å²) >= 11 is 7.05. The van der Waals surface area contributed by atoms with Gasteiger partial charge in [-0.15, -0.1) is 11.3 Å². The van der Waals surface area contributed by atoms with E-state index in [1.54, 1.807) is 35.2 Å². The second-order valence-electron chi connectivity index (χ2n) is 3.10. The summed E-state index contributed by atoms with van der Waals surface area (Å²) in [7, 11) is 0. The molecule has 0 spiro atoms. The van der Waals surface area contributed by atoms with Crippen LogP contribution in [0.5, 0.6) is 0 Å². The van der Waals surface area contributed by atoms with E-state index in [2.05, 4.69) is 10.1 Å². The molecule has 0 aromatic carbocycles. The molecule has 2 rings (SSSR count). The molecule has 0 bridgehead atoms. The standard InChI is InChI=1S/C9H7ClN4O2S/c10-9-11-5-7(17-9)6-13-4-2-1-3-8(13)12-14(15)16/h1-5H,6H2/b12-8+. The number of aromatic nitrogens is 2. The van der Waals surface area contributed by atoms with Gasteiger partial charge in [-0.2, -0.15) is 0 Å². The highest BCUT2D eigenvalue weighted by Gasteiger charge is 2.02. The third-order valence-electron chi connectivity index (χ3n) is 1.95. The van der Waals surface area contributed by atoms with Crippen LogP contribution >= 0.6 is 22.9 Å². The van der Waals surface area contributed by atoms with Gasteiger partial charge in [0.2, 0.25) is 5.49 Å². The van der Waals surface area contributed by atoms with Crippen molar-refractivity contribution >= 4 is 22.9 Å². The molecule has 0 fully saturated rings. The Morgan fingerprint density at radius 1 is 1.59 bits per heavy atom. The normalized spacial score (nSPS) is 11.7. The van der Waals surface area contributed by atoms with Crippen LogP contribution in [0.2, 0.25) is 4.47 Å². The van der Waals surface area contributed by atoms with Gasteiger partial charge < -0.3 is 4.57 Å². The van der Waals surface area contributed by atoms with E-state index in [9.17, 15) is 10.1 Å². The zero-order valence-corrected chi connectivity index (χ0v) is 10.1. The quantitative estimate of drug-likeness (QED) is 0.630. The summed E-state index contributed by atoms with van der Waals surface area (Å²) in [6, 6.07) is 5.05. The lowest BCUT2D eigenvalue weighted by Crippen LogP contribution is -2.21. The van der Waals surface area contributed by atoms with Gasteiger partial charge in [-0.25, -0.2) is 15.1 Å². The predicted molar refractivity (Wildman–Crippen MR) is 63.2 cm³/mol. The van der Waals surface area contributed by atoms with E-state index < -0.39 is 5.03 Å². The summed E-state index contributed by atoms with van der Waals surface area (Å²) in [5.74, 6) is 0. The third-order valence-corrected chi connectivity index (χ3v) is 3.05. The van der Waals surface area contributed by atoms with E-state index in [4.69, 9.17) is 11.6 Å². The number of halogens is 1. The average molecular weight is 271 g/mol. The Balaban J connectivity index is 2.36. The van der Waals surface area contributed by atoms with Crippen LogP contribution in [0.1, 0.15) is 4.88 Å². The van der Waals surface area contributed by atoms with Gasteiger partial charge in [-0.3, -0.25) is 0 Å². The van der Waals surface area contributed by atoms with Crippen LogP contribution in [0, 0.1) is 10.1 Å². The lowest BCUT2D eigenvalue weighted by Gasteiger charge is -2.02. The number of hydrogen-bond acceptors (Lipinski definition) is 4. The minimum absolute atomic E-state index is 0.280. The van der Waals surface area contributed by atoms with Crippen molar-refractivity contribution < 1.29 is 5.03 Å². The molecule has 0 unspecified atom stereocenters. The van der Waals surface area contributed by atoms with Gasteiger partial charge in [0.05, 0.1) is 11.6 Å². The SMILES string of the molecule is O=[N+]([O-])/N=c1\ccccn1Cc1cnc(Cl)s1. The molecule has 0 amide bonds. The first-order valence-corrected chi connectivity index (χ1v) is 5.79. The minimum Gasteiger partial charge on any atom is -0.323 e. The Labute approximate surface area is 105 Å². The average Bonchev–Trinajstić information content (AvgIpc) is 2.66. The van der Waals surface area contributed by atoms with Crippen LogP contribution in [-0.2, 0) is 6.54 Å². The Morgan fingerprint density at radius 3 is 3.06 bits per heavy atom. The molecule has 0 aliphatic rings. The summed E-state index contributed by atoms with van der Waals surface area (Å²) < 4.78 is 2.11. The molecule has 0 N–H and O–H groups in total. The summed E-state index contributed by atoms with van der Waals surface area (Å²) in [5.41, 5.74) is 0.280. The van der Waals surface area contributed by atoms with Gasteiger partial charge in [0, 0.05) is 17.3 Å². The predicted octanol–water partition coefficient (Wildman–Crippen LogP) is 1.74. The fraction of sp³-hybridized carbons (Fsp3) is 0.111. The molecular formula is C9H7ClN4O2S. The first-order chi connectivity index (χ1) is 8.15. The first kappa shape index (κ1) is 11.7. The smallest absolute Gasteiger partial charge is 0.207 e. The maximum Gasteiger partial charge on any atom is 0.207 e. The molecule has 0 aliphatic carbocycles. The van der Waals surface area contributed by atoms with Gasteiger partial charge >= 0.3 is 0 Å². The van der Waals surface area contributed by atoms with E-state index in [1.165, 1.54) is 11.3 Å². The molecule has 6 nitrogen and oxygen atoms in total. The zero-order valence-electron chi connectivity index (χ0n) is 8.49. The highest BCUT2D eigenvalue weighted by Crippen LogP contribution is 2.17. The topological polar surface area (TPSA) is 73.3 Å². The van der Waals surface area contributed by atoms with Crippen molar-refractivity contribution in [1.82, 2.24) is 9.55 Å². The van der Waals surface area contributed by atoms with Crippen molar-refractivity contribution in [3.63, 3.8) is 0 Å². The van der Waals surface area contributed by atoms with Crippen LogP contribution in [0.25, 0.3) is 0 Å². The zero-order chi connectivity index (χ0) is 12.3. The van der Waals surface area contributed by atoms with Gasteiger partial charge in [-0.1, -0.05) is 17.7 Å². The largest absolute Gasteiger partial charge is 0.323 e. The number of nitrogens with zero attached hydrogens (tertiary/aromatic N) is 4. The Kier molecular flexibility index (Phi) is 3.50. The fourth-order valence-electron chi connectivity index (χ4n) is 1.30. The summed E-state index contributed by atoms with van der Waals surface area (Å²) in [6.07, 6.45) is 3.36. The summed E-state index contributed by atoms with van der Waals surface area (Å²) in [4.78, 5) is 15.2. The molecule has 0 saturated heterocycles. The van der Waals surface area contributed by atoms with Crippen molar-refractivity contribution in [2.75, 3.05) is 0 Å². The minimum atomic E-state index is -0.717. The highest BCUT2D eigenvalue weighted by atomic mass is 35.5. The summed E-state index contributed by atoms with van der Waals surface area (Å²) in [6.45, 7) is 0.456. The Morgan fingerprint density at radius 2 is 2.41 bits per heavy atom. The molecule has 0 radical (unpaired) electrons. The molecule has 2 heterocycles. The second-order valence-corrected chi connectivity index (χ2v) is 4.80. The summed E-state index contributed by atoms with van der Waals surface area (Å²) in [5, 5.41) is 13.0. The molecule has 88 valence electrons. The Bertz CT molecular complexity index is 607. The van der Waals surface area contributed by atoms with Crippen molar-refractivity contribution in [3.8, 4) is 0 Å². The van der Waals surface area contributed by atoms with Gasteiger partial charge in [0.15, 0.2) is 9.50 Å². The maximum absolute atomic E-state index is 10.4. The van der Waals surface area contributed by atoms with Crippen LogP contribution in [0.3, 0.4) is 0 Å². The van der Waals surface area contributed by atoms with Crippen LogP contribution in [-0.4, -0.2) is 14.6 Å². The molecule has 0 atom stereocenters. The molecule has 0 aliphatic heterocycles. The molecule has 2 aromatic heterocycles. The number of thiazole rings is 1.